The molecule has 2 aliphatic rings. The van der Waals surface area contributed by atoms with Gasteiger partial charge in [0, 0.05) is 12.1 Å². The minimum Gasteiger partial charge on any atom is -0.206 e. The number of thiophene rings is 1. The van der Waals surface area contributed by atoms with Crippen LogP contribution >= 0.6 is 11.3 Å². The van der Waals surface area contributed by atoms with E-state index in [9.17, 15) is 8.42 Å². The van der Waals surface area contributed by atoms with E-state index in [0.717, 1.165) is 25.7 Å². The summed E-state index contributed by atoms with van der Waals surface area (Å²) < 4.78 is 27.8. The number of nitrogens with zero attached hydrogens (tertiary/aromatic N) is 1. The molecule has 1 aromatic heterocycles. The van der Waals surface area contributed by atoms with Crippen molar-refractivity contribution in [3.05, 3.63) is 17.5 Å². The molecule has 1 heterocycles. The number of sulfonamides is 1. The highest BCUT2D eigenvalue weighted by molar-refractivity contribution is 7.91. The molecule has 0 radical (unpaired) electrons. The van der Waals surface area contributed by atoms with Gasteiger partial charge in [-0.15, -0.1) is 11.3 Å². The van der Waals surface area contributed by atoms with Gasteiger partial charge >= 0.3 is 0 Å². The Kier molecular flexibility index (Phi) is 3.47. The molecule has 0 amide bonds. The van der Waals surface area contributed by atoms with Crippen molar-refractivity contribution in [2.24, 2.45) is 0 Å². The third-order valence-electron chi connectivity index (χ3n) is 3.87. The lowest BCUT2D eigenvalue weighted by molar-refractivity contribution is 0.247. The fraction of sp³-hybridized carbons (Fsp3) is 0.692. The molecule has 18 heavy (non-hydrogen) atoms. The van der Waals surface area contributed by atoms with E-state index in [1.807, 2.05) is 15.8 Å². The first-order chi connectivity index (χ1) is 8.69. The van der Waals surface area contributed by atoms with Gasteiger partial charge in [0.25, 0.3) is 10.0 Å². The Morgan fingerprint density at radius 3 is 2.28 bits per heavy atom. The number of hydrogen-bond donors (Lipinski definition) is 0. The zero-order valence-corrected chi connectivity index (χ0v) is 12.0. The molecule has 0 saturated heterocycles. The van der Waals surface area contributed by atoms with Gasteiger partial charge in [-0.25, -0.2) is 8.42 Å². The molecule has 0 bridgehead atoms. The lowest BCUT2D eigenvalue weighted by Gasteiger charge is -2.33. The summed E-state index contributed by atoms with van der Waals surface area (Å²) in [5.41, 5.74) is 0. The second-order valence-corrected chi connectivity index (χ2v) is 8.31. The molecule has 3 nitrogen and oxygen atoms in total. The van der Waals surface area contributed by atoms with Crippen LogP contribution in [0.4, 0.5) is 0 Å². The quantitative estimate of drug-likeness (QED) is 0.851. The Balaban J connectivity index is 1.89. The molecular formula is C13H19NO2S2. The third-order valence-corrected chi connectivity index (χ3v) is 7.25. The maximum Gasteiger partial charge on any atom is 0.253 e. The van der Waals surface area contributed by atoms with Crippen LogP contribution in [0.25, 0.3) is 0 Å². The topological polar surface area (TPSA) is 37.4 Å². The van der Waals surface area contributed by atoms with Crippen molar-refractivity contribution >= 4 is 21.4 Å². The monoisotopic (exact) mass is 285 g/mol. The first-order valence-electron chi connectivity index (χ1n) is 6.76. The van der Waals surface area contributed by atoms with Crippen molar-refractivity contribution in [1.29, 1.82) is 0 Å². The molecule has 100 valence electrons. The summed E-state index contributed by atoms with van der Waals surface area (Å²) in [7, 11) is -3.24. The zero-order valence-electron chi connectivity index (χ0n) is 10.4. The van der Waals surface area contributed by atoms with Crippen LogP contribution in [0.5, 0.6) is 0 Å². The third kappa shape index (κ3) is 2.36. The second kappa shape index (κ2) is 4.94. The summed E-state index contributed by atoms with van der Waals surface area (Å²) in [5, 5.41) is 1.85. The Hall–Kier alpha value is -0.390. The molecule has 0 atom stereocenters. The van der Waals surface area contributed by atoms with Gasteiger partial charge in [-0.05, 0) is 37.1 Å². The first kappa shape index (κ1) is 12.6. The Morgan fingerprint density at radius 1 is 1.06 bits per heavy atom. The molecule has 0 spiro atoms. The van der Waals surface area contributed by atoms with Crippen LogP contribution in [-0.2, 0) is 10.0 Å². The SMILES string of the molecule is O=S(=O)(c1cccs1)N(C1CCCCC1)C1CC1. The molecule has 2 aliphatic carbocycles. The highest BCUT2D eigenvalue weighted by atomic mass is 32.2. The van der Waals surface area contributed by atoms with Gasteiger partial charge in [-0.3, -0.25) is 0 Å². The van der Waals surface area contributed by atoms with Crippen LogP contribution in [0.3, 0.4) is 0 Å². The summed E-state index contributed by atoms with van der Waals surface area (Å²) >= 11 is 1.34. The largest absolute Gasteiger partial charge is 0.253 e. The maximum absolute atomic E-state index is 12.7. The van der Waals surface area contributed by atoms with Crippen LogP contribution in [0.2, 0.25) is 0 Å². The van der Waals surface area contributed by atoms with Gasteiger partial charge in [-0.2, -0.15) is 4.31 Å². The van der Waals surface area contributed by atoms with Gasteiger partial charge in [0.05, 0.1) is 0 Å². The summed E-state index contributed by atoms with van der Waals surface area (Å²) in [6, 6.07) is 4.08. The summed E-state index contributed by atoms with van der Waals surface area (Å²) in [4.78, 5) is 0. The maximum atomic E-state index is 12.7. The van der Waals surface area contributed by atoms with Crippen molar-refractivity contribution in [3.63, 3.8) is 0 Å². The van der Waals surface area contributed by atoms with E-state index in [0.29, 0.717) is 4.21 Å². The number of hydrogen-bond acceptors (Lipinski definition) is 3. The summed E-state index contributed by atoms with van der Waals surface area (Å²) in [5.74, 6) is 0. The molecule has 0 aliphatic heterocycles. The molecule has 0 unspecified atom stereocenters. The van der Waals surface area contributed by atoms with E-state index in [4.69, 9.17) is 0 Å². The molecule has 5 heteroatoms. The van der Waals surface area contributed by atoms with Gasteiger partial charge in [0.1, 0.15) is 4.21 Å². The molecule has 2 saturated carbocycles. The first-order valence-corrected chi connectivity index (χ1v) is 9.08. The molecule has 1 aromatic rings. The van der Waals surface area contributed by atoms with E-state index in [1.54, 1.807) is 6.07 Å². The molecule has 3 rings (SSSR count). The van der Waals surface area contributed by atoms with Crippen molar-refractivity contribution in [2.45, 2.75) is 61.2 Å². The van der Waals surface area contributed by atoms with E-state index in [-0.39, 0.29) is 12.1 Å². The normalized spacial score (nSPS) is 22.5. The van der Waals surface area contributed by atoms with Crippen molar-refractivity contribution in [1.82, 2.24) is 4.31 Å². The molecule has 2 fully saturated rings. The van der Waals surface area contributed by atoms with Crippen LogP contribution in [0.1, 0.15) is 44.9 Å². The average Bonchev–Trinajstić information content (AvgIpc) is 3.02. The average molecular weight is 285 g/mol. The Morgan fingerprint density at radius 2 is 1.72 bits per heavy atom. The van der Waals surface area contributed by atoms with Crippen LogP contribution in [-0.4, -0.2) is 24.8 Å². The predicted molar refractivity (Wildman–Crippen MR) is 73.2 cm³/mol. The lowest BCUT2D eigenvalue weighted by Crippen LogP contribution is -2.42. The van der Waals surface area contributed by atoms with Crippen LogP contribution < -0.4 is 0 Å². The lowest BCUT2D eigenvalue weighted by atomic mass is 9.95. The summed E-state index contributed by atoms with van der Waals surface area (Å²) in [6.07, 6.45) is 7.78. The van der Waals surface area contributed by atoms with Crippen molar-refractivity contribution < 1.29 is 8.42 Å². The fourth-order valence-corrected chi connectivity index (χ4v) is 5.89. The van der Waals surface area contributed by atoms with Gasteiger partial charge in [0.15, 0.2) is 0 Å². The van der Waals surface area contributed by atoms with Gasteiger partial charge in [-0.1, -0.05) is 25.3 Å². The zero-order chi connectivity index (χ0) is 12.6. The van der Waals surface area contributed by atoms with Crippen LogP contribution in [0, 0.1) is 0 Å². The smallest absolute Gasteiger partial charge is 0.206 e. The minimum absolute atomic E-state index is 0.248. The fourth-order valence-electron chi connectivity index (χ4n) is 2.87. The van der Waals surface area contributed by atoms with E-state index in [2.05, 4.69) is 0 Å². The van der Waals surface area contributed by atoms with E-state index >= 15 is 0 Å². The van der Waals surface area contributed by atoms with Crippen molar-refractivity contribution in [3.8, 4) is 0 Å². The highest BCUT2D eigenvalue weighted by Crippen LogP contribution is 2.38. The predicted octanol–water partition coefficient (Wildman–Crippen LogP) is 3.23. The minimum atomic E-state index is -3.24. The van der Waals surface area contributed by atoms with Gasteiger partial charge in [0.2, 0.25) is 0 Å². The molecular weight excluding hydrogens is 266 g/mol. The highest BCUT2D eigenvalue weighted by Gasteiger charge is 2.42. The van der Waals surface area contributed by atoms with Crippen LogP contribution in [0.15, 0.2) is 21.7 Å². The standard InChI is InChI=1S/C13H19NO2S2/c15-18(16,13-7-4-10-17-13)14(12-8-9-12)11-5-2-1-3-6-11/h4,7,10-12H,1-3,5-6,8-9H2. The Labute approximate surface area is 113 Å². The molecule has 0 N–H and O–H groups in total. The van der Waals surface area contributed by atoms with Crippen molar-refractivity contribution in [2.75, 3.05) is 0 Å². The van der Waals surface area contributed by atoms with E-state index < -0.39 is 10.0 Å². The van der Waals surface area contributed by atoms with E-state index in [1.165, 1.54) is 30.6 Å². The van der Waals surface area contributed by atoms with Gasteiger partial charge < -0.3 is 0 Å². The Bertz CT molecular complexity index is 485. The summed E-state index contributed by atoms with van der Waals surface area (Å²) in [6.45, 7) is 0. The second-order valence-electron chi connectivity index (χ2n) is 5.29. The number of rotatable bonds is 4. The molecule has 0 aromatic carbocycles.